The average Bonchev–Trinajstić information content (AvgIpc) is 2.37. The standard InChI is InChI=1S/C15H23N3O/c1-5-10-17(4)14(19)18-11-15(2,3)13(18)12-6-8-16-9-7-12/h6-9,13H,5,10-11H2,1-4H3. The molecule has 1 atom stereocenters. The van der Waals surface area contributed by atoms with E-state index < -0.39 is 0 Å². The molecule has 0 bridgehead atoms. The van der Waals surface area contributed by atoms with E-state index in [1.54, 1.807) is 12.4 Å². The Balaban J connectivity index is 2.17. The molecule has 2 amide bonds. The summed E-state index contributed by atoms with van der Waals surface area (Å²) in [6, 6.07) is 4.29. The zero-order valence-corrected chi connectivity index (χ0v) is 12.3. The molecule has 4 heteroatoms. The van der Waals surface area contributed by atoms with Crippen molar-refractivity contribution in [3.63, 3.8) is 0 Å². The summed E-state index contributed by atoms with van der Waals surface area (Å²) in [6.07, 6.45) is 4.57. The number of amides is 2. The highest BCUT2D eigenvalue weighted by Gasteiger charge is 2.49. The van der Waals surface area contributed by atoms with Crippen molar-refractivity contribution in [3.8, 4) is 0 Å². The summed E-state index contributed by atoms with van der Waals surface area (Å²) in [7, 11) is 1.88. The normalized spacial score (nSPS) is 20.8. The van der Waals surface area contributed by atoms with Gasteiger partial charge in [-0.2, -0.15) is 0 Å². The van der Waals surface area contributed by atoms with E-state index in [1.165, 1.54) is 5.56 Å². The van der Waals surface area contributed by atoms with Gasteiger partial charge < -0.3 is 9.80 Å². The molecule has 1 fully saturated rings. The van der Waals surface area contributed by atoms with Crippen LogP contribution in [0, 0.1) is 5.41 Å². The van der Waals surface area contributed by atoms with Gasteiger partial charge in [0, 0.05) is 37.9 Å². The lowest BCUT2D eigenvalue weighted by molar-refractivity contribution is -0.0265. The zero-order valence-electron chi connectivity index (χ0n) is 12.3. The summed E-state index contributed by atoms with van der Waals surface area (Å²) in [5.74, 6) is 0. The molecule has 1 aromatic rings. The summed E-state index contributed by atoms with van der Waals surface area (Å²) in [6.45, 7) is 8.12. The third-order valence-corrected chi connectivity index (χ3v) is 3.78. The van der Waals surface area contributed by atoms with E-state index >= 15 is 0 Å². The first-order valence-electron chi connectivity index (χ1n) is 6.89. The largest absolute Gasteiger partial charge is 0.328 e. The smallest absolute Gasteiger partial charge is 0.320 e. The van der Waals surface area contributed by atoms with Crippen molar-refractivity contribution >= 4 is 6.03 Å². The van der Waals surface area contributed by atoms with Crippen LogP contribution in [0.4, 0.5) is 4.79 Å². The van der Waals surface area contributed by atoms with Crippen LogP contribution in [0.15, 0.2) is 24.5 Å². The van der Waals surface area contributed by atoms with Gasteiger partial charge in [0.05, 0.1) is 6.04 Å². The van der Waals surface area contributed by atoms with Gasteiger partial charge in [-0.3, -0.25) is 4.98 Å². The molecule has 1 saturated heterocycles. The van der Waals surface area contributed by atoms with Crippen LogP contribution in [-0.4, -0.2) is 41.0 Å². The summed E-state index contributed by atoms with van der Waals surface area (Å²) in [5.41, 5.74) is 1.30. The minimum atomic E-state index is 0.128. The third kappa shape index (κ3) is 2.57. The van der Waals surface area contributed by atoms with Crippen molar-refractivity contribution in [2.24, 2.45) is 5.41 Å². The summed E-state index contributed by atoms with van der Waals surface area (Å²) < 4.78 is 0. The fourth-order valence-electron chi connectivity index (χ4n) is 2.93. The predicted molar refractivity (Wildman–Crippen MR) is 75.8 cm³/mol. The molecule has 1 aliphatic rings. The number of carbonyl (C=O) groups excluding carboxylic acids is 1. The fraction of sp³-hybridized carbons (Fsp3) is 0.600. The van der Waals surface area contributed by atoms with Crippen molar-refractivity contribution in [1.29, 1.82) is 0 Å². The number of carbonyl (C=O) groups is 1. The first-order chi connectivity index (χ1) is 8.97. The molecule has 19 heavy (non-hydrogen) atoms. The van der Waals surface area contributed by atoms with Gasteiger partial charge >= 0.3 is 6.03 Å². The molecule has 1 aromatic heterocycles. The van der Waals surface area contributed by atoms with Crippen LogP contribution in [0.3, 0.4) is 0 Å². The van der Waals surface area contributed by atoms with E-state index in [0.717, 1.165) is 19.5 Å². The molecule has 1 aliphatic heterocycles. The number of aromatic nitrogens is 1. The van der Waals surface area contributed by atoms with E-state index in [9.17, 15) is 4.79 Å². The van der Waals surface area contributed by atoms with Crippen LogP contribution < -0.4 is 0 Å². The maximum Gasteiger partial charge on any atom is 0.320 e. The van der Waals surface area contributed by atoms with Crippen LogP contribution in [0.1, 0.15) is 38.8 Å². The number of likely N-dealkylation sites (tertiary alicyclic amines) is 1. The van der Waals surface area contributed by atoms with E-state index in [-0.39, 0.29) is 17.5 Å². The Morgan fingerprint density at radius 3 is 2.63 bits per heavy atom. The second-order valence-corrected chi connectivity index (χ2v) is 6.00. The quantitative estimate of drug-likeness (QED) is 0.838. The monoisotopic (exact) mass is 261 g/mol. The number of urea groups is 1. The minimum Gasteiger partial charge on any atom is -0.328 e. The Morgan fingerprint density at radius 2 is 2.11 bits per heavy atom. The summed E-state index contributed by atoms with van der Waals surface area (Å²) in [4.78, 5) is 20.2. The van der Waals surface area contributed by atoms with Crippen molar-refractivity contribution in [3.05, 3.63) is 30.1 Å². The van der Waals surface area contributed by atoms with Crippen LogP contribution in [0.25, 0.3) is 0 Å². The van der Waals surface area contributed by atoms with E-state index in [1.807, 2.05) is 29.0 Å². The molecule has 0 saturated carbocycles. The summed E-state index contributed by atoms with van der Waals surface area (Å²) >= 11 is 0. The Morgan fingerprint density at radius 1 is 1.47 bits per heavy atom. The lowest BCUT2D eigenvalue weighted by Gasteiger charge is -2.55. The molecular weight excluding hydrogens is 238 g/mol. The molecule has 0 spiro atoms. The molecule has 2 rings (SSSR count). The Bertz CT molecular complexity index is 444. The SMILES string of the molecule is CCCN(C)C(=O)N1CC(C)(C)C1c1ccncc1. The van der Waals surface area contributed by atoms with Gasteiger partial charge in [0.1, 0.15) is 0 Å². The molecule has 0 aliphatic carbocycles. The number of rotatable bonds is 3. The third-order valence-electron chi connectivity index (χ3n) is 3.78. The van der Waals surface area contributed by atoms with Gasteiger partial charge in [-0.1, -0.05) is 20.8 Å². The maximum absolute atomic E-state index is 12.4. The first kappa shape index (κ1) is 13.8. The van der Waals surface area contributed by atoms with Crippen molar-refractivity contribution in [2.45, 2.75) is 33.2 Å². The van der Waals surface area contributed by atoms with Crippen LogP contribution >= 0.6 is 0 Å². The van der Waals surface area contributed by atoms with Crippen LogP contribution in [0.5, 0.6) is 0 Å². The van der Waals surface area contributed by atoms with E-state index in [0.29, 0.717) is 0 Å². The van der Waals surface area contributed by atoms with E-state index in [2.05, 4.69) is 25.8 Å². The molecule has 4 nitrogen and oxygen atoms in total. The fourth-order valence-corrected chi connectivity index (χ4v) is 2.93. The minimum absolute atomic E-state index is 0.128. The van der Waals surface area contributed by atoms with Gasteiger partial charge in [0.25, 0.3) is 0 Å². The van der Waals surface area contributed by atoms with Crippen LogP contribution in [-0.2, 0) is 0 Å². The van der Waals surface area contributed by atoms with Crippen molar-refractivity contribution < 1.29 is 4.79 Å². The molecule has 104 valence electrons. The molecule has 0 N–H and O–H groups in total. The summed E-state index contributed by atoms with van der Waals surface area (Å²) in [5, 5.41) is 0. The van der Waals surface area contributed by atoms with Gasteiger partial charge in [-0.25, -0.2) is 4.79 Å². The molecule has 2 heterocycles. The maximum atomic E-state index is 12.4. The van der Waals surface area contributed by atoms with Gasteiger partial charge in [-0.15, -0.1) is 0 Å². The lowest BCUT2D eigenvalue weighted by Crippen LogP contribution is -2.60. The first-order valence-corrected chi connectivity index (χ1v) is 6.89. The highest BCUT2D eigenvalue weighted by molar-refractivity contribution is 5.76. The molecule has 0 aromatic carbocycles. The topological polar surface area (TPSA) is 36.4 Å². The molecular formula is C15H23N3O. The highest BCUT2D eigenvalue weighted by Crippen LogP contribution is 2.48. The molecule has 0 radical (unpaired) electrons. The van der Waals surface area contributed by atoms with E-state index in [4.69, 9.17) is 0 Å². The molecule has 1 unspecified atom stereocenters. The Labute approximate surface area is 115 Å². The van der Waals surface area contributed by atoms with Crippen molar-refractivity contribution in [2.75, 3.05) is 20.1 Å². The second kappa shape index (κ2) is 5.19. The van der Waals surface area contributed by atoms with Gasteiger partial charge in [-0.05, 0) is 24.1 Å². The second-order valence-electron chi connectivity index (χ2n) is 6.00. The van der Waals surface area contributed by atoms with Gasteiger partial charge in [0.2, 0.25) is 0 Å². The Kier molecular flexibility index (Phi) is 3.78. The highest BCUT2D eigenvalue weighted by atomic mass is 16.2. The lowest BCUT2D eigenvalue weighted by atomic mass is 9.72. The zero-order chi connectivity index (χ0) is 14.0. The number of hydrogen-bond donors (Lipinski definition) is 0. The van der Waals surface area contributed by atoms with Crippen molar-refractivity contribution in [1.82, 2.24) is 14.8 Å². The number of pyridine rings is 1. The predicted octanol–water partition coefficient (Wildman–Crippen LogP) is 2.93. The Hall–Kier alpha value is -1.58. The number of nitrogens with zero attached hydrogens (tertiary/aromatic N) is 3. The average molecular weight is 261 g/mol. The van der Waals surface area contributed by atoms with Crippen LogP contribution in [0.2, 0.25) is 0 Å². The number of hydrogen-bond acceptors (Lipinski definition) is 2. The van der Waals surface area contributed by atoms with Gasteiger partial charge in [0.15, 0.2) is 0 Å².